The van der Waals surface area contributed by atoms with E-state index in [9.17, 15) is 28.8 Å². The van der Waals surface area contributed by atoms with E-state index in [0.717, 1.165) is 11.1 Å². The molecule has 0 aliphatic carbocycles. The second kappa shape index (κ2) is 21.6. The number of carbonyl (C=O) groups excluding carboxylic acids is 6. The number of benzene rings is 4. The molecular formula is C43H42N2O12. The average Bonchev–Trinajstić information content (AvgIpc) is 3.21. The van der Waals surface area contributed by atoms with E-state index >= 15 is 0 Å². The minimum atomic E-state index is -1.03. The molecule has 57 heavy (non-hydrogen) atoms. The summed E-state index contributed by atoms with van der Waals surface area (Å²) in [5.74, 6) is -1.89. The SMILES string of the molecule is COc1cc(/C=C/C(=O)CC(=O)/C=C/c2ccc(OC(=O)[C@H](C)NC(=O)OCc3ccccc3)c(OC)c2)ccc1OC(=O)C(C)NC(=O)OCc1ccccc1. The Morgan fingerprint density at radius 1 is 0.544 bits per heavy atom. The maximum atomic E-state index is 12.6. The van der Waals surface area contributed by atoms with Gasteiger partial charge in [0.15, 0.2) is 34.6 Å². The Hall–Kier alpha value is -7.22. The van der Waals surface area contributed by atoms with Crippen LogP contribution in [-0.2, 0) is 41.9 Å². The fourth-order valence-corrected chi connectivity index (χ4v) is 4.81. The largest absolute Gasteiger partial charge is 0.493 e. The molecule has 0 radical (unpaired) electrons. The first-order chi connectivity index (χ1) is 27.4. The van der Waals surface area contributed by atoms with E-state index < -0.39 is 54.2 Å². The van der Waals surface area contributed by atoms with Crippen molar-refractivity contribution in [1.29, 1.82) is 0 Å². The van der Waals surface area contributed by atoms with Crippen LogP contribution in [0, 0.1) is 0 Å². The molecule has 0 saturated carbocycles. The molecule has 0 aromatic heterocycles. The molecule has 14 nitrogen and oxygen atoms in total. The van der Waals surface area contributed by atoms with Gasteiger partial charge in [0.1, 0.15) is 25.3 Å². The van der Waals surface area contributed by atoms with Crippen molar-refractivity contribution < 1.29 is 57.2 Å². The predicted molar refractivity (Wildman–Crippen MR) is 208 cm³/mol. The summed E-state index contributed by atoms with van der Waals surface area (Å²) in [4.78, 5) is 74.7. The lowest BCUT2D eigenvalue weighted by Gasteiger charge is -2.15. The Morgan fingerprint density at radius 3 is 1.30 bits per heavy atom. The van der Waals surface area contributed by atoms with Gasteiger partial charge < -0.3 is 39.1 Å². The van der Waals surface area contributed by atoms with Crippen molar-refractivity contribution in [1.82, 2.24) is 10.6 Å². The highest BCUT2D eigenvalue weighted by Gasteiger charge is 2.22. The van der Waals surface area contributed by atoms with Gasteiger partial charge in [-0.15, -0.1) is 0 Å². The van der Waals surface area contributed by atoms with Crippen LogP contribution in [0.3, 0.4) is 0 Å². The van der Waals surface area contributed by atoms with Crippen LogP contribution in [-0.4, -0.2) is 62.0 Å². The van der Waals surface area contributed by atoms with Crippen molar-refractivity contribution in [3.8, 4) is 23.0 Å². The molecule has 0 aliphatic rings. The number of ketones is 2. The topological polar surface area (TPSA) is 182 Å². The van der Waals surface area contributed by atoms with E-state index in [0.29, 0.717) is 11.1 Å². The molecule has 2 amide bonds. The van der Waals surface area contributed by atoms with E-state index in [2.05, 4.69) is 10.6 Å². The Labute approximate surface area is 329 Å². The summed E-state index contributed by atoms with van der Waals surface area (Å²) < 4.78 is 31.8. The molecule has 1 unspecified atom stereocenters. The molecule has 4 aromatic carbocycles. The number of ether oxygens (including phenoxy) is 6. The van der Waals surface area contributed by atoms with Crippen molar-refractivity contribution in [2.24, 2.45) is 0 Å². The number of nitrogens with one attached hydrogen (secondary N) is 2. The first-order valence-electron chi connectivity index (χ1n) is 17.6. The second-order valence-electron chi connectivity index (χ2n) is 12.3. The molecule has 14 heteroatoms. The van der Waals surface area contributed by atoms with Crippen LogP contribution in [0.1, 0.15) is 42.5 Å². The molecule has 0 saturated heterocycles. The van der Waals surface area contributed by atoms with Crippen LogP contribution in [0.2, 0.25) is 0 Å². The molecule has 2 N–H and O–H groups in total. The fourth-order valence-electron chi connectivity index (χ4n) is 4.81. The number of esters is 2. The highest BCUT2D eigenvalue weighted by atomic mass is 16.6. The van der Waals surface area contributed by atoms with E-state index in [1.54, 1.807) is 36.4 Å². The molecule has 296 valence electrons. The van der Waals surface area contributed by atoms with E-state index in [-0.39, 0.29) is 36.2 Å². The summed E-state index contributed by atoms with van der Waals surface area (Å²) in [5, 5.41) is 4.84. The fraction of sp³-hybridized carbons (Fsp3) is 0.209. The number of allylic oxidation sites excluding steroid dienone is 2. The normalized spacial score (nSPS) is 11.9. The molecule has 0 fully saturated rings. The second-order valence-corrected chi connectivity index (χ2v) is 12.3. The van der Waals surface area contributed by atoms with E-state index in [1.165, 1.54) is 76.6 Å². The van der Waals surface area contributed by atoms with Crippen LogP contribution in [0.15, 0.2) is 109 Å². The molecule has 0 aliphatic heterocycles. The van der Waals surface area contributed by atoms with E-state index in [4.69, 9.17) is 28.4 Å². The molecule has 0 bridgehead atoms. The first kappa shape index (κ1) is 42.5. The van der Waals surface area contributed by atoms with Gasteiger partial charge in [-0.2, -0.15) is 0 Å². The van der Waals surface area contributed by atoms with Gasteiger partial charge in [-0.1, -0.05) is 84.9 Å². The number of hydrogen-bond acceptors (Lipinski definition) is 12. The van der Waals surface area contributed by atoms with Crippen molar-refractivity contribution in [3.05, 3.63) is 131 Å². The van der Waals surface area contributed by atoms with Gasteiger partial charge in [-0.3, -0.25) is 9.59 Å². The molecule has 0 spiro atoms. The number of methoxy groups -OCH3 is 2. The van der Waals surface area contributed by atoms with Gasteiger partial charge in [-0.05, 0) is 72.5 Å². The first-order valence-corrected chi connectivity index (χ1v) is 17.6. The van der Waals surface area contributed by atoms with Crippen LogP contribution in [0.5, 0.6) is 23.0 Å². The van der Waals surface area contributed by atoms with Gasteiger partial charge in [-0.25, -0.2) is 19.2 Å². The third-order valence-corrected chi connectivity index (χ3v) is 7.87. The van der Waals surface area contributed by atoms with Gasteiger partial charge in [0.05, 0.1) is 20.6 Å². The number of carbonyl (C=O) groups is 6. The predicted octanol–water partition coefficient (Wildman–Crippen LogP) is 6.40. The standard InChI is InChI=1S/C43H42N2O12/c1-28(44-42(50)54-26-32-11-7-5-8-12-32)40(48)56-36-21-17-30(23-38(36)52-3)15-19-34(46)25-35(47)20-16-31-18-22-37(39(24-31)53-4)57-41(49)29(2)45-43(51)55-27-33-13-9-6-10-14-33/h5-24,28-29H,25-27H2,1-4H3,(H,44,50)(H,45,51)/b19-15+,20-16+/t28-,29?/m0/s1. The summed E-state index contributed by atoms with van der Waals surface area (Å²) in [6.07, 6.45) is 3.46. The number of rotatable bonds is 18. The Balaban J connectivity index is 1.23. The van der Waals surface area contributed by atoms with Crippen LogP contribution >= 0.6 is 0 Å². The Bertz CT molecular complexity index is 1950. The third-order valence-electron chi connectivity index (χ3n) is 7.87. The zero-order chi connectivity index (χ0) is 41.2. The van der Waals surface area contributed by atoms with Gasteiger partial charge in [0.25, 0.3) is 0 Å². The molecule has 4 aromatic rings. The zero-order valence-electron chi connectivity index (χ0n) is 31.7. The molecule has 4 rings (SSSR count). The monoisotopic (exact) mass is 778 g/mol. The van der Waals surface area contributed by atoms with Crippen LogP contribution < -0.4 is 29.6 Å². The Morgan fingerprint density at radius 2 is 0.930 bits per heavy atom. The summed E-state index contributed by atoms with van der Waals surface area (Å²) in [6, 6.07) is 25.2. The average molecular weight is 779 g/mol. The lowest BCUT2D eigenvalue weighted by Crippen LogP contribution is -2.41. The van der Waals surface area contributed by atoms with E-state index in [1.807, 2.05) is 36.4 Å². The summed E-state index contributed by atoms with van der Waals surface area (Å²) in [7, 11) is 2.75. The quantitative estimate of drug-likeness (QED) is 0.0492. The summed E-state index contributed by atoms with van der Waals surface area (Å²) in [6.45, 7) is 2.97. The van der Waals surface area contributed by atoms with Crippen molar-refractivity contribution in [3.63, 3.8) is 0 Å². The highest BCUT2D eigenvalue weighted by Crippen LogP contribution is 2.30. The molecule has 2 atom stereocenters. The number of hydrogen-bond donors (Lipinski definition) is 2. The maximum Gasteiger partial charge on any atom is 0.408 e. The highest BCUT2D eigenvalue weighted by molar-refractivity contribution is 6.11. The maximum absolute atomic E-state index is 12.6. The van der Waals surface area contributed by atoms with Crippen molar-refractivity contribution >= 4 is 47.8 Å². The third kappa shape index (κ3) is 14.2. The minimum absolute atomic E-state index is 0.0368. The van der Waals surface area contributed by atoms with Gasteiger partial charge >= 0.3 is 24.1 Å². The van der Waals surface area contributed by atoms with Crippen LogP contribution in [0.25, 0.3) is 12.2 Å². The summed E-state index contributed by atoms with van der Waals surface area (Å²) in [5.41, 5.74) is 2.63. The lowest BCUT2D eigenvalue weighted by molar-refractivity contribution is -0.137. The number of alkyl carbamates (subject to hydrolysis) is 2. The summed E-state index contributed by atoms with van der Waals surface area (Å²) >= 11 is 0. The smallest absolute Gasteiger partial charge is 0.408 e. The Kier molecular flexibility index (Phi) is 16.1. The van der Waals surface area contributed by atoms with Crippen molar-refractivity contribution in [2.75, 3.05) is 14.2 Å². The molecular weight excluding hydrogens is 736 g/mol. The van der Waals surface area contributed by atoms with Crippen molar-refractivity contribution in [2.45, 2.75) is 45.6 Å². The minimum Gasteiger partial charge on any atom is -0.493 e. The van der Waals surface area contributed by atoms with Crippen LogP contribution in [0.4, 0.5) is 9.59 Å². The zero-order valence-corrected chi connectivity index (χ0v) is 31.7. The van der Waals surface area contributed by atoms with Gasteiger partial charge in [0, 0.05) is 0 Å². The number of amides is 2. The van der Waals surface area contributed by atoms with Gasteiger partial charge in [0.2, 0.25) is 0 Å². The molecule has 0 heterocycles. The lowest BCUT2D eigenvalue weighted by atomic mass is 10.1.